The molecule has 1 aliphatic heterocycles. The largest absolute Gasteiger partial charge is 0.349 e. The fraction of sp³-hybridized carbons (Fsp3) is 0.261. The van der Waals surface area contributed by atoms with Crippen molar-refractivity contribution < 1.29 is 35.2 Å². The highest BCUT2D eigenvalue weighted by Crippen LogP contribution is 2.29. The highest BCUT2D eigenvalue weighted by Gasteiger charge is 2.44. The molecule has 1 aromatic heterocycles. The van der Waals surface area contributed by atoms with Crippen molar-refractivity contribution in [3.8, 4) is 11.3 Å². The van der Waals surface area contributed by atoms with Gasteiger partial charge >= 0.3 is 0 Å². The molecule has 36 heavy (non-hydrogen) atoms. The summed E-state index contributed by atoms with van der Waals surface area (Å²) in [7, 11) is -4.27. The number of aromatic nitrogens is 2. The van der Waals surface area contributed by atoms with E-state index in [-0.39, 0.29) is 34.8 Å². The van der Waals surface area contributed by atoms with Crippen LogP contribution in [0.15, 0.2) is 59.8 Å². The molecular formula is C23H19F5N4O3S. The van der Waals surface area contributed by atoms with Gasteiger partial charge in [-0.1, -0.05) is 6.07 Å². The molecule has 1 N–H and O–H groups in total. The number of benzene rings is 2. The standard InChI is InChI=1S/C23H19F5N4O3S/c24-14-2-4-17(5-3-14)36(34,35)32-11-15(25)8-21(32)23(33)29-10-16-9-20(31-12-30-16)13-1-6-18(22(27)28)19(26)7-13/h1-7,9,12,15,21-22H,8,10-11H2,(H,29,33). The molecule has 0 saturated carbocycles. The summed E-state index contributed by atoms with van der Waals surface area (Å²) in [6, 6.07) is 7.15. The smallest absolute Gasteiger partial charge is 0.266 e. The Kier molecular flexibility index (Phi) is 7.31. The lowest BCUT2D eigenvalue weighted by atomic mass is 10.1. The summed E-state index contributed by atoms with van der Waals surface area (Å²) in [5, 5.41) is 2.50. The highest BCUT2D eigenvalue weighted by molar-refractivity contribution is 7.89. The van der Waals surface area contributed by atoms with Gasteiger partial charge in [-0.05, 0) is 42.5 Å². The van der Waals surface area contributed by atoms with Crippen molar-refractivity contribution in [2.24, 2.45) is 0 Å². The van der Waals surface area contributed by atoms with E-state index in [1.165, 1.54) is 12.1 Å². The minimum atomic E-state index is -4.27. The number of rotatable bonds is 7. The molecular weight excluding hydrogens is 507 g/mol. The van der Waals surface area contributed by atoms with Gasteiger partial charge in [-0.15, -0.1) is 0 Å². The Bertz CT molecular complexity index is 1370. The van der Waals surface area contributed by atoms with E-state index in [9.17, 15) is 35.2 Å². The fourth-order valence-electron chi connectivity index (χ4n) is 3.81. The van der Waals surface area contributed by atoms with E-state index in [1.54, 1.807) is 0 Å². The Morgan fingerprint density at radius 3 is 2.47 bits per heavy atom. The number of halogens is 5. The maximum atomic E-state index is 14.2. The van der Waals surface area contributed by atoms with Gasteiger partial charge in [-0.25, -0.2) is 40.3 Å². The molecule has 1 saturated heterocycles. The minimum Gasteiger partial charge on any atom is -0.349 e. The van der Waals surface area contributed by atoms with Crippen LogP contribution in [-0.2, 0) is 21.4 Å². The van der Waals surface area contributed by atoms with Gasteiger partial charge in [-0.3, -0.25) is 4.79 Å². The number of amides is 1. The van der Waals surface area contributed by atoms with Crippen LogP contribution in [0.25, 0.3) is 11.3 Å². The van der Waals surface area contributed by atoms with Crippen LogP contribution in [0.4, 0.5) is 22.0 Å². The molecule has 13 heteroatoms. The molecule has 2 heterocycles. The van der Waals surface area contributed by atoms with Gasteiger partial charge < -0.3 is 5.32 Å². The zero-order valence-electron chi connectivity index (χ0n) is 18.4. The van der Waals surface area contributed by atoms with Crippen LogP contribution in [0.3, 0.4) is 0 Å². The van der Waals surface area contributed by atoms with Gasteiger partial charge in [0, 0.05) is 18.5 Å². The van der Waals surface area contributed by atoms with Crippen LogP contribution in [0.2, 0.25) is 0 Å². The lowest BCUT2D eigenvalue weighted by Crippen LogP contribution is -2.45. The van der Waals surface area contributed by atoms with Crippen molar-refractivity contribution in [3.63, 3.8) is 0 Å². The maximum Gasteiger partial charge on any atom is 0.266 e. The number of nitrogens with one attached hydrogen (secondary N) is 1. The SMILES string of the molecule is O=C(NCc1cc(-c2ccc(C(F)F)c(F)c2)ncn1)C1CC(F)CN1S(=O)(=O)c1ccc(F)cc1. The Morgan fingerprint density at radius 1 is 1.08 bits per heavy atom. The second-order valence-electron chi connectivity index (χ2n) is 8.03. The molecule has 7 nitrogen and oxygen atoms in total. The molecule has 190 valence electrons. The third-order valence-corrected chi connectivity index (χ3v) is 7.52. The van der Waals surface area contributed by atoms with Gasteiger partial charge in [-0.2, -0.15) is 4.31 Å². The van der Waals surface area contributed by atoms with Gasteiger partial charge in [0.05, 0.1) is 28.4 Å². The zero-order valence-corrected chi connectivity index (χ0v) is 19.2. The lowest BCUT2D eigenvalue weighted by Gasteiger charge is -2.23. The third kappa shape index (κ3) is 5.36. The summed E-state index contributed by atoms with van der Waals surface area (Å²) in [6.07, 6.45) is -3.78. The summed E-state index contributed by atoms with van der Waals surface area (Å²) in [6.45, 7) is -0.723. The van der Waals surface area contributed by atoms with E-state index in [1.807, 2.05) is 0 Å². The first-order valence-electron chi connectivity index (χ1n) is 10.6. The van der Waals surface area contributed by atoms with Crippen LogP contribution >= 0.6 is 0 Å². The topological polar surface area (TPSA) is 92.3 Å². The lowest BCUT2D eigenvalue weighted by molar-refractivity contribution is -0.124. The number of carbonyl (C=O) groups excluding carboxylic acids is 1. The summed E-state index contributed by atoms with van der Waals surface area (Å²) in [5.41, 5.74) is -0.0729. The summed E-state index contributed by atoms with van der Waals surface area (Å²) < 4.78 is 93.5. The Labute approximate surface area is 203 Å². The number of carbonyl (C=O) groups is 1. The van der Waals surface area contributed by atoms with Crippen LogP contribution in [0, 0.1) is 11.6 Å². The first kappa shape index (κ1) is 25.6. The van der Waals surface area contributed by atoms with Crippen LogP contribution in [-0.4, -0.2) is 47.4 Å². The molecule has 2 aromatic carbocycles. The van der Waals surface area contributed by atoms with Gasteiger partial charge in [0.15, 0.2) is 0 Å². The zero-order chi connectivity index (χ0) is 26.0. The average molecular weight is 526 g/mol. The second-order valence-corrected chi connectivity index (χ2v) is 9.92. The van der Waals surface area contributed by atoms with Crippen molar-refractivity contribution >= 4 is 15.9 Å². The van der Waals surface area contributed by atoms with E-state index < -0.39 is 58.3 Å². The number of sulfonamides is 1. The molecule has 1 fully saturated rings. The molecule has 0 aliphatic carbocycles. The molecule has 1 aliphatic rings. The third-order valence-electron chi connectivity index (χ3n) is 5.63. The van der Waals surface area contributed by atoms with Crippen molar-refractivity contribution in [2.75, 3.05) is 6.54 Å². The number of alkyl halides is 3. The average Bonchev–Trinajstić information content (AvgIpc) is 3.25. The first-order valence-corrected chi connectivity index (χ1v) is 12.1. The predicted molar refractivity (Wildman–Crippen MR) is 118 cm³/mol. The Balaban J connectivity index is 1.48. The van der Waals surface area contributed by atoms with E-state index >= 15 is 0 Å². The Hall–Kier alpha value is -3.45. The van der Waals surface area contributed by atoms with E-state index in [4.69, 9.17) is 0 Å². The van der Waals surface area contributed by atoms with Gasteiger partial charge in [0.2, 0.25) is 15.9 Å². The Morgan fingerprint density at radius 2 is 1.81 bits per heavy atom. The van der Waals surface area contributed by atoms with E-state index in [2.05, 4.69) is 15.3 Å². The van der Waals surface area contributed by atoms with Gasteiger partial charge in [0.1, 0.15) is 30.2 Å². The summed E-state index contributed by atoms with van der Waals surface area (Å²) >= 11 is 0. The van der Waals surface area contributed by atoms with Crippen molar-refractivity contribution in [2.45, 2.75) is 36.5 Å². The van der Waals surface area contributed by atoms with E-state index in [0.717, 1.165) is 47.0 Å². The molecule has 2 atom stereocenters. The van der Waals surface area contributed by atoms with Crippen LogP contribution in [0.1, 0.15) is 24.1 Å². The van der Waals surface area contributed by atoms with Gasteiger partial charge in [0.25, 0.3) is 6.43 Å². The molecule has 4 rings (SSSR count). The molecule has 2 unspecified atom stereocenters. The molecule has 3 aromatic rings. The van der Waals surface area contributed by atoms with Crippen LogP contribution in [0.5, 0.6) is 0 Å². The van der Waals surface area contributed by atoms with Crippen molar-refractivity contribution in [3.05, 3.63) is 77.8 Å². The number of hydrogen-bond acceptors (Lipinski definition) is 5. The minimum absolute atomic E-state index is 0.191. The first-order chi connectivity index (χ1) is 17.1. The molecule has 1 amide bonds. The summed E-state index contributed by atoms with van der Waals surface area (Å²) in [5.74, 6) is -2.52. The normalized spacial score (nSPS) is 18.5. The predicted octanol–water partition coefficient (Wildman–Crippen LogP) is 3.78. The maximum absolute atomic E-state index is 14.2. The molecule has 0 radical (unpaired) electrons. The number of nitrogens with zero attached hydrogens (tertiary/aromatic N) is 3. The van der Waals surface area contributed by atoms with E-state index in [0.29, 0.717) is 0 Å². The summed E-state index contributed by atoms with van der Waals surface area (Å²) in [4.78, 5) is 20.5. The van der Waals surface area contributed by atoms with Crippen molar-refractivity contribution in [1.29, 1.82) is 0 Å². The van der Waals surface area contributed by atoms with Crippen LogP contribution < -0.4 is 5.32 Å². The molecule has 0 bridgehead atoms. The van der Waals surface area contributed by atoms with Crippen molar-refractivity contribution in [1.82, 2.24) is 19.6 Å². The molecule has 0 spiro atoms. The second kappa shape index (κ2) is 10.3. The monoisotopic (exact) mass is 526 g/mol. The highest BCUT2D eigenvalue weighted by atomic mass is 32.2. The number of hydrogen-bond donors (Lipinski definition) is 1. The quantitative estimate of drug-likeness (QED) is 0.474. The fourth-order valence-corrected chi connectivity index (χ4v) is 5.44.